The Labute approximate surface area is 98.2 Å². The molecule has 2 aromatic rings. The summed E-state index contributed by atoms with van der Waals surface area (Å²) in [5, 5.41) is 7.00. The lowest BCUT2D eigenvalue weighted by atomic mass is 10.3. The second kappa shape index (κ2) is 4.17. The summed E-state index contributed by atoms with van der Waals surface area (Å²) in [7, 11) is 0. The minimum atomic E-state index is -4.64. The van der Waals surface area contributed by atoms with Crippen molar-refractivity contribution in [3.63, 3.8) is 0 Å². The van der Waals surface area contributed by atoms with Gasteiger partial charge in [0.05, 0.1) is 6.26 Å². The largest absolute Gasteiger partial charge is 0.459 e. The smallest absolute Gasteiger partial charge is 0.451 e. The summed E-state index contributed by atoms with van der Waals surface area (Å²) < 4.78 is 41.5. The molecule has 9 heteroatoms. The van der Waals surface area contributed by atoms with Crippen LogP contribution in [0, 0.1) is 6.92 Å². The molecule has 0 saturated carbocycles. The van der Waals surface area contributed by atoms with Gasteiger partial charge in [-0.05, 0) is 13.0 Å². The lowest BCUT2D eigenvalue weighted by Crippen LogP contribution is -2.13. The first-order valence-electron chi connectivity index (χ1n) is 4.73. The molecule has 0 aliphatic heterocycles. The Morgan fingerprint density at radius 1 is 1.50 bits per heavy atom. The number of anilines is 1. The number of carbonyl (C=O) groups is 1. The fourth-order valence-electron chi connectivity index (χ4n) is 1.21. The van der Waals surface area contributed by atoms with Crippen LogP contribution < -0.4 is 5.32 Å². The summed E-state index contributed by atoms with van der Waals surface area (Å²) in [4.78, 5) is 14.7. The highest BCUT2D eigenvalue weighted by Gasteiger charge is 2.35. The summed E-state index contributed by atoms with van der Waals surface area (Å²) in [5.41, 5.74) is 0.555. The van der Waals surface area contributed by atoms with Crippen LogP contribution in [0.2, 0.25) is 0 Å². The maximum absolute atomic E-state index is 12.2. The number of halogens is 3. The van der Waals surface area contributed by atoms with Crippen molar-refractivity contribution in [1.82, 2.24) is 15.2 Å². The molecule has 2 rings (SSSR count). The number of hydrogen-bond donors (Lipinski definition) is 2. The highest BCUT2D eigenvalue weighted by Crippen LogP contribution is 2.26. The minimum absolute atomic E-state index is 0.00615. The van der Waals surface area contributed by atoms with Gasteiger partial charge in [0.1, 0.15) is 0 Å². The van der Waals surface area contributed by atoms with Crippen LogP contribution >= 0.6 is 0 Å². The maximum Gasteiger partial charge on any atom is 0.451 e. The molecule has 0 unspecified atom stereocenters. The molecule has 0 aliphatic rings. The van der Waals surface area contributed by atoms with E-state index in [1.54, 1.807) is 18.1 Å². The van der Waals surface area contributed by atoms with E-state index >= 15 is 0 Å². The molecule has 0 atom stereocenters. The predicted octanol–water partition coefficient (Wildman–Crippen LogP) is 1.98. The summed E-state index contributed by atoms with van der Waals surface area (Å²) in [6.45, 7) is 1.62. The van der Waals surface area contributed by atoms with Gasteiger partial charge in [-0.2, -0.15) is 18.2 Å². The number of H-pyrrole nitrogens is 1. The molecule has 2 N–H and O–H groups in total. The van der Waals surface area contributed by atoms with Crippen LogP contribution in [-0.4, -0.2) is 21.1 Å². The molecule has 0 aliphatic carbocycles. The Balaban J connectivity index is 2.13. The van der Waals surface area contributed by atoms with Crippen LogP contribution in [0.5, 0.6) is 0 Å². The average Bonchev–Trinajstić information content (AvgIpc) is 2.85. The van der Waals surface area contributed by atoms with Crippen LogP contribution in [0.4, 0.5) is 19.1 Å². The van der Waals surface area contributed by atoms with Crippen LogP contribution in [-0.2, 0) is 6.18 Å². The lowest BCUT2D eigenvalue weighted by molar-refractivity contribution is -0.144. The summed E-state index contributed by atoms with van der Waals surface area (Å²) >= 11 is 0. The van der Waals surface area contributed by atoms with E-state index in [2.05, 4.69) is 15.4 Å². The summed E-state index contributed by atoms with van der Waals surface area (Å²) in [6, 6.07) is 1.55. The number of aromatic amines is 1. The van der Waals surface area contributed by atoms with Crippen molar-refractivity contribution < 1.29 is 22.4 Å². The van der Waals surface area contributed by atoms with Crippen molar-refractivity contribution in [3.05, 3.63) is 29.5 Å². The zero-order valence-corrected chi connectivity index (χ0v) is 9.00. The fourth-order valence-corrected chi connectivity index (χ4v) is 1.21. The van der Waals surface area contributed by atoms with Crippen LogP contribution in [0.3, 0.4) is 0 Å². The second-order valence-corrected chi connectivity index (χ2v) is 3.39. The van der Waals surface area contributed by atoms with Gasteiger partial charge < -0.3 is 4.42 Å². The number of nitrogens with zero attached hydrogens (tertiary/aromatic N) is 2. The maximum atomic E-state index is 12.2. The van der Waals surface area contributed by atoms with Crippen molar-refractivity contribution in [1.29, 1.82) is 0 Å². The molecule has 0 bridgehead atoms. The zero-order chi connectivity index (χ0) is 13.3. The van der Waals surface area contributed by atoms with Gasteiger partial charge in [-0.25, -0.2) is 0 Å². The number of furan rings is 1. The van der Waals surface area contributed by atoms with E-state index < -0.39 is 23.9 Å². The fraction of sp³-hybridized carbons (Fsp3) is 0.222. The Kier molecular flexibility index (Phi) is 2.81. The van der Waals surface area contributed by atoms with Gasteiger partial charge >= 0.3 is 6.18 Å². The molecule has 0 fully saturated rings. The third-order valence-corrected chi connectivity index (χ3v) is 2.05. The van der Waals surface area contributed by atoms with Crippen molar-refractivity contribution in [2.75, 3.05) is 5.32 Å². The average molecular weight is 260 g/mol. The molecule has 6 nitrogen and oxygen atoms in total. The normalized spacial score (nSPS) is 11.6. The second-order valence-electron chi connectivity index (χ2n) is 3.39. The molecule has 18 heavy (non-hydrogen) atoms. The number of aryl methyl sites for hydroxylation is 1. The van der Waals surface area contributed by atoms with Gasteiger partial charge in [0, 0.05) is 5.56 Å². The number of nitrogens with one attached hydrogen (secondary N) is 2. The first-order chi connectivity index (χ1) is 8.38. The van der Waals surface area contributed by atoms with Gasteiger partial charge in [0.2, 0.25) is 11.8 Å². The van der Waals surface area contributed by atoms with Gasteiger partial charge in [0.25, 0.3) is 5.91 Å². The zero-order valence-electron chi connectivity index (χ0n) is 9.00. The molecular weight excluding hydrogens is 253 g/mol. The Morgan fingerprint density at radius 3 is 2.72 bits per heavy atom. The molecule has 2 heterocycles. The van der Waals surface area contributed by atoms with Crippen LogP contribution in [0.1, 0.15) is 21.9 Å². The van der Waals surface area contributed by atoms with E-state index in [0.29, 0.717) is 5.56 Å². The molecule has 0 saturated heterocycles. The summed E-state index contributed by atoms with van der Waals surface area (Å²) in [5.74, 6) is -2.48. The van der Waals surface area contributed by atoms with Gasteiger partial charge in [-0.3, -0.25) is 15.2 Å². The lowest BCUT2D eigenvalue weighted by Gasteiger charge is -1.99. The molecule has 0 spiro atoms. The van der Waals surface area contributed by atoms with Crippen LogP contribution in [0.25, 0.3) is 0 Å². The Hall–Kier alpha value is -2.32. The van der Waals surface area contributed by atoms with E-state index in [9.17, 15) is 18.0 Å². The van der Waals surface area contributed by atoms with Gasteiger partial charge in [0.15, 0.2) is 5.76 Å². The number of rotatable bonds is 2. The predicted molar refractivity (Wildman–Crippen MR) is 52.8 cm³/mol. The molecule has 1 amide bonds. The van der Waals surface area contributed by atoms with Crippen molar-refractivity contribution in [2.24, 2.45) is 0 Å². The van der Waals surface area contributed by atoms with E-state index in [0.717, 1.165) is 0 Å². The molecule has 2 aromatic heterocycles. The molecule has 96 valence electrons. The monoisotopic (exact) mass is 260 g/mol. The quantitative estimate of drug-likeness (QED) is 0.864. The first-order valence-corrected chi connectivity index (χ1v) is 4.73. The number of aromatic nitrogens is 3. The van der Waals surface area contributed by atoms with Crippen molar-refractivity contribution >= 4 is 11.9 Å². The van der Waals surface area contributed by atoms with Crippen molar-refractivity contribution in [2.45, 2.75) is 13.1 Å². The van der Waals surface area contributed by atoms with Crippen LogP contribution in [0.15, 0.2) is 16.7 Å². The first kappa shape index (κ1) is 12.1. The number of alkyl halides is 3. The highest BCUT2D eigenvalue weighted by atomic mass is 19.4. The SMILES string of the molecule is Cc1ccoc1C(=O)Nc1n[nH]c(C(F)(F)F)n1. The Bertz CT molecular complexity index is 572. The van der Waals surface area contributed by atoms with Crippen molar-refractivity contribution in [3.8, 4) is 0 Å². The van der Waals surface area contributed by atoms with E-state index in [1.165, 1.54) is 6.26 Å². The number of carbonyl (C=O) groups excluding carboxylic acids is 1. The van der Waals surface area contributed by atoms with E-state index in [-0.39, 0.29) is 5.76 Å². The summed E-state index contributed by atoms with van der Waals surface area (Å²) in [6.07, 6.45) is -3.35. The third kappa shape index (κ3) is 2.34. The number of hydrogen-bond acceptors (Lipinski definition) is 4. The standard InChI is InChI=1S/C9H7F3N4O2/c1-4-2-3-18-5(4)6(17)13-8-14-7(15-16-8)9(10,11)12/h2-3H,1H3,(H2,13,14,15,16,17). The highest BCUT2D eigenvalue weighted by molar-refractivity contribution is 6.02. The van der Waals surface area contributed by atoms with E-state index in [1.807, 2.05) is 0 Å². The minimum Gasteiger partial charge on any atom is -0.459 e. The topological polar surface area (TPSA) is 83.8 Å². The van der Waals surface area contributed by atoms with Gasteiger partial charge in [-0.15, -0.1) is 5.10 Å². The molecular formula is C9H7F3N4O2. The third-order valence-electron chi connectivity index (χ3n) is 2.05. The van der Waals surface area contributed by atoms with E-state index in [4.69, 9.17) is 4.42 Å². The molecule has 0 radical (unpaired) electrons. The van der Waals surface area contributed by atoms with Gasteiger partial charge in [-0.1, -0.05) is 0 Å². The number of amides is 1. The Morgan fingerprint density at radius 2 is 2.22 bits per heavy atom. The molecule has 0 aromatic carbocycles.